The molecule has 0 saturated carbocycles. The number of para-hydroxylation sites is 2. The molecule has 1 N–H and O–H groups in total. The molecule has 0 aliphatic heterocycles. The molecular formula is C21H19N7O. The summed E-state index contributed by atoms with van der Waals surface area (Å²) in [7, 11) is 2.06. The summed E-state index contributed by atoms with van der Waals surface area (Å²) in [5, 5.41) is 0. The number of fused-ring (bicyclic) bond motifs is 3. The van der Waals surface area contributed by atoms with Gasteiger partial charge in [-0.05, 0) is 43.0 Å². The Labute approximate surface area is 165 Å². The predicted molar refractivity (Wildman–Crippen MR) is 109 cm³/mol. The molecule has 4 aromatic heterocycles. The fourth-order valence-electron chi connectivity index (χ4n) is 4.52. The van der Waals surface area contributed by atoms with Gasteiger partial charge in [0.15, 0.2) is 5.65 Å². The first-order valence-electron chi connectivity index (χ1n) is 9.74. The van der Waals surface area contributed by atoms with Gasteiger partial charge in [-0.3, -0.25) is 9.13 Å². The first-order valence-corrected chi connectivity index (χ1v) is 9.74. The lowest BCUT2D eigenvalue weighted by atomic mass is 9.92. The summed E-state index contributed by atoms with van der Waals surface area (Å²) in [5.74, 6) is 0.503. The third-order valence-corrected chi connectivity index (χ3v) is 5.91. The largest absolute Gasteiger partial charge is 0.354 e. The van der Waals surface area contributed by atoms with Crippen molar-refractivity contribution in [2.45, 2.75) is 25.3 Å². The van der Waals surface area contributed by atoms with Gasteiger partial charge >= 0.3 is 5.69 Å². The number of hydrogen-bond donors (Lipinski definition) is 1. The van der Waals surface area contributed by atoms with Crippen LogP contribution in [0.4, 0.5) is 0 Å². The molecule has 1 unspecified atom stereocenters. The van der Waals surface area contributed by atoms with Crippen LogP contribution in [0.15, 0.2) is 53.8 Å². The average molecular weight is 385 g/mol. The summed E-state index contributed by atoms with van der Waals surface area (Å²) in [6.07, 6.45) is 8.46. The van der Waals surface area contributed by atoms with Crippen LogP contribution in [0.25, 0.3) is 28.1 Å². The van der Waals surface area contributed by atoms with Crippen molar-refractivity contribution in [1.29, 1.82) is 0 Å². The number of aromatic nitrogens is 7. The van der Waals surface area contributed by atoms with Crippen molar-refractivity contribution in [2.75, 3.05) is 0 Å². The minimum atomic E-state index is -0.149. The molecule has 144 valence electrons. The minimum absolute atomic E-state index is 0.0246. The van der Waals surface area contributed by atoms with E-state index in [0.29, 0.717) is 17.1 Å². The van der Waals surface area contributed by atoms with Gasteiger partial charge in [-0.2, -0.15) is 4.98 Å². The van der Waals surface area contributed by atoms with E-state index in [1.165, 1.54) is 11.3 Å². The van der Waals surface area contributed by atoms with Gasteiger partial charge in [-0.1, -0.05) is 12.1 Å². The van der Waals surface area contributed by atoms with Gasteiger partial charge in [0, 0.05) is 18.9 Å². The Hall–Kier alpha value is -3.68. The summed E-state index contributed by atoms with van der Waals surface area (Å²) in [6, 6.07) is 9.95. The van der Waals surface area contributed by atoms with E-state index in [9.17, 15) is 4.79 Å². The van der Waals surface area contributed by atoms with Crippen molar-refractivity contribution in [3.63, 3.8) is 0 Å². The highest BCUT2D eigenvalue weighted by atomic mass is 16.1. The maximum Gasteiger partial charge on any atom is 0.328 e. The van der Waals surface area contributed by atoms with Gasteiger partial charge in [-0.25, -0.2) is 14.8 Å². The normalized spacial score (nSPS) is 16.5. The summed E-state index contributed by atoms with van der Waals surface area (Å²) >= 11 is 0. The van der Waals surface area contributed by atoms with Gasteiger partial charge in [0.05, 0.1) is 23.3 Å². The van der Waals surface area contributed by atoms with E-state index in [1.807, 2.05) is 28.8 Å². The molecule has 1 aliphatic carbocycles. The fourth-order valence-corrected chi connectivity index (χ4v) is 4.52. The molecule has 0 fully saturated rings. The van der Waals surface area contributed by atoms with Crippen molar-refractivity contribution >= 4 is 22.2 Å². The van der Waals surface area contributed by atoms with Gasteiger partial charge in [0.25, 0.3) is 0 Å². The summed E-state index contributed by atoms with van der Waals surface area (Å²) < 4.78 is 5.79. The van der Waals surface area contributed by atoms with Crippen molar-refractivity contribution in [2.24, 2.45) is 7.05 Å². The minimum Gasteiger partial charge on any atom is -0.354 e. The molecule has 8 heteroatoms. The second-order valence-electron chi connectivity index (χ2n) is 7.55. The highest BCUT2D eigenvalue weighted by Gasteiger charge is 2.27. The van der Waals surface area contributed by atoms with Crippen LogP contribution in [-0.2, 0) is 13.5 Å². The van der Waals surface area contributed by atoms with Crippen LogP contribution in [-0.4, -0.2) is 33.6 Å². The lowest BCUT2D eigenvalue weighted by Crippen LogP contribution is -2.26. The molecule has 6 rings (SSSR count). The molecule has 1 atom stereocenters. The lowest BCUT2D eigenvalue weighted by molar-refractivity contribution is 0.479. The average Bonchev–Trinajstić information content (AvgIpc) is 3.42. The van der Waals surface area contributed by atoms with Crippen LogP contribution < -0.4 is 5.69 Å². The number of nitrogens with zero attached hydrogens (tertiary/aromatic N) is 6. The molecule has 5 aromatic rings. The summed E-state index contributed by atoms with van der Waals surface area (Å²) in [5.41, 5.74) is 5.42. The predicted octanol–water partition coefficient (Wildman–Crippen LogP) is 2.72. The van der Waals surface area contributed by atoms with E-state index < -0.39 is 0 Å². The van der Waals surface area contributed by atoms with Crippen molar-refractivity contribution in [3.8, 4) is 5.95 Å². The molecule has 8 nitrogen and oxygen atoms in total. The van der Waals surface area contributed by atoms with Gasteiger partial charge in [-0.15, -0.1) is 0 Å². The van der Waals surface area contributed by atoms with Crippen LogP contribution in [0.3, 0.4) is 0 Å². The van der Waals surface area contributed by atoms with Crippen molar-refractivity contribution < 1.29 is 0 Å². The Morgan fingerprint density at radius 2 is 2.07 bits per heavy atom. The molecule has 0 radical (unpaired) electrons. The number of aromatic amines is 1. The molecule has 29 heavy (non-hydrogen) atoms. The molecular weight excluding hydrogens is 366 g/mol. The monoisotopic (exact) mass is 385 g/mol. The number of hydrogen-bond acceptors (Lipinski definition) is 4. The van der Waals surface area contributed by atoms with E-state index in [0.717, 1.165) is 30.3 Å². The number of imidazole rings is 2. The van der Waals surface area contributed by atoms with E-state index >= 15 is 0 Å². The fraction of sp³-hybridized carbons (Fsp3) is 0.238. The third kappa shape index (κ3) is 2.32. The lowest BCUT2D eigenvalue weighted by Gasteiger charge is -2.24. The van der Waals surface area contributed by atoms with Gasteiger partial charge in [0.1, 0.15) is 11.8 Å². The van der Waals surface area contributed by atoms with Gasteiger partial charge in [0.2, 0.25) is 5.95 Å². The summed E-state index contributed by atoms with van der Waals surface area (Å²) in [6.45, 7) is 0. The van der Waals surface area contributed by atoms with Crippen molar-refractivity contribution in [1.82, 2.24) is 33.6 Å². The Balaban J connectivity index is 1.56. The van der Waals surface area contributed by atoms with Crippen LogP contribution in [0, 0.1) is 0 Å². The smallest absolute Gasteiger partial charge is 0.328 e. The first kappa shape index (κ1) is 16.3. The molecule has 0 amide bonds. The molecule has 1 aliphatic rings. The Bertz CT molecular complexity index is 1430. The number of H-pyrrole nitrogens is 1. The van der Waals surface area contributed by atoms with Crippen LogP contribution >= 0.6 is 0 Å². The third-order valence-electron chi connectivity index (χ3n) is 5.91. The quantitative estimate of drug-likeness (QED) is 0.506. The second kappa shape index (κ2) is 5.91. The number of rotatable bonds is 2. The van der Waals surface area contributed by atoms with Crippen LogP contribution in [0.5, 0.6) is 0 Å². The number of benzene rings is 1. The first-order chi connectivity index (χ1) is 14.2. The number of nitrogens with one attached hydrogen (secondary N) is 1. The van der Waals surface area contributed by atoms with Crippen molar-refractivity contribution in [3.05, 3.63) is 70.8 Å². The topological polar surface area (TPSA) is 86.3 Å². The maximum atomic E-state index is 12.9. The zero-order chi connectivity index (χ0) is 19.5. The van der Waals surface area contributed by atoms with Crippen LogP contribution in [0.2, 0.25) is 0 Å². The highest BCUT2D eigenvalue weighted by Crippen LogP contribution is 2.34. The van der Waals surface area contributed by atoms with E-state index in [2.05, 4.69) is 38.8 Å². The van der Waals surface area contributed by atoms with Gasteiger partial charge < -0.3 is 9.55 Å². The Kier molecular flexibility index (Phi) is 3.32. The van der Waals surface area contributed by atoms with Crippen LogP contribution in [0.1, 0.15) is 30.1 Å². The Morgan fingerprint density at radius 1 is 1.17 bits per heavy atom. The van der Waals surface area contributed by atoms with E-state index in [1.54, 1.807) is 17.1 Å². The zero-order valence-electron chi connectivity index (χ0n) is 15.9. The van der Waals surface area contributed by atoms with E-state index in [4.69, 9.17) is 4.98 Å². The second-order valence-corrected chi connectivity index (χ2v) is 7.55. The standard InChI is InChI=1S/C21H19N7O/c1-26-10-9-13-16(26)7-4-8-17(13)28-19-15(24-21(28)29)11-22-20(25-19)27-12-23-14-5-2-3-6-18(14)27/h2-3,5-6,9-12,17H,4,7-8H2,1H3,(H,24,29). The SMILES string of the molecule is Cn1ccc2c1CCCC2n1c(=O)[nH]c2cnc(-n3cnc4ccccc43)nc21. The maximum absolute atomic E-state index is 12.9. The Morgan fingerprint density at radius 3 is 3.00 bits per heavy atom. The molecule has 1 aromatic carbocycles. The molecule has 0 spiro atoms. The van der Waals surface area contributed by atoms with E-state index in [-0.39, 0.29) is 11.7 Å². The molecule has 0 saturated heterocycles. The zero-order valence-corrected chi connectivity index (χ0v) is 15.9. The molecule has 4 heterocycles. The molecule has 0 bridgehead atoms. The number of aryl methyl sites for hydroxylation is 1. The summed E-state index contributed by atoms with van der Waals surface area (Å²) in [4.78, 5) is 29.5. The highest BCUT2D eigenvalue weighted by molar-refractivity contribution is 5.77.